The van der Waals surface area contributed by atoms with E-state index in [1.165, 1.54) is 6.07 Å². The summed E-state index contributed by atoms with van der Waals surface area (Å²) >= 11 is 0. The van der Waals surface area contributed by atoms with E-state index in [4.69, 9.17) is 11.0 Å². The van der Waals surface area contributed by atoms with Crippen molar-refractivity contribution in [2.24, 2.45) is 17.6 Å². The lowest BCUT2D eigenvalue weighted by Crippen LogP contribution is -2.27. The van der Waals surface area contributed by atoms with Crippen molar-refractivity contribution in [3.8, 4) is 6.07 Å². The van der Waals surface area contributed by atoms with Crippen LogP contribution in [0.5, 0.6) is 0 Å². The third-order valence-electron chi connectivity index (χ3n) is 3.27. The van der Waals surface area contributed by atoms with Gasteiger partial charge in [-0.15, -0.1) is 0 Å². The number of nitrogens with one attached hydrogen (secondary N) is 1. The predicted molar refractivity (Wildman–Crippen MR) is 71.7 cm³/mol. The van der Waals surface area contributed by atoms with Crippen molar-refractivity contribution in [3.63, 3.8) is 0 Å². The highest BCUT2D eigenvalue weighted by molar-refractivity contribution is 5.55. The Balaban J connectivity index is 2.85. The van der Waals surface area contributed by atoms with Gasteiger partial charge in [-0.25, -0.2) is 4.39 Å². The van der Waals surface area contributed by atoms with E-state index >= 15 is 0 Å². The molecule has 0 heterocycles. The number of hydrogen-bond donors (Lipinski definition) is 2. The van der Waals surface area contributed by atoms with Crippen LogP contribution in [-0.4, -0.2) is 13.1 Å². The fourth-order valence-corrected chi connectivity index (χ4v) is 1.76. The van der Waals surface area contributed by atoms with E-state index in [0.29, 0.717) is 41.7 Å². The quantitative estimate of drug-likeness (QED) is 0.843. The number of benzene rings is 1. The minimum Gasteiger partial charge on any atom is -0.384 e. The van der Waals surface area contributed by atoms with E-state index in [2.05, 4.69) is 19.2 Å². The molecule has 1 rings (SSSR count). The summed E-state index contributed by atoms with van der Waals surface area (Å²) in [7, 11) is 0. The van der Waals surface area contributed by atoms with Crippen molar-refractivity contribution in [2.45, 2.75) is 20.8 Å². The van der Waals surface area contributed by atoms with Crippen LogP contribution in [0.15, 0.2) is 12.1 Å². The van der Waals surface area contributed by atoms with E-state index in [0.717, 1.165) is 0 Å². The second-order valence-corrected chi connectivity index (χ2v) is 4.86. The minimum absolute atomic E-state index is 0.328. The molecule has 0 aliphatic heterocycles. The monoisotopic (exact) mass is 249 g/mol. The molecule has 18 heavy (non-hydrogen) atoms. The zero-order chi connectivity index (χ0) is 13.7. The fraction of sp³-hybridized carbons (Fsp3) is 0.500. The molecule has 1 atom stereocenters. The Morgan fingerprint density at radius 3 is 2.61 bits per heavy atom. The molecule has 0 saturated carbocycles. The van der Waals surface area contributed by atoms with E-state index < -0.39 is 0 Å². The Kier molecular flexibility index (Phi) is 5.11. The highest BCUT2D eigenvalue weighted by Crippen LogP contribution is 2.21. The number of nitrogens with two attached hydrogens (primary N) is 1. The highest BCUT2D eigenvalue weighted by Gasteiger charge is 2.13. The van der Waals surface area contributed by atoms with E-state index in [1.807, 2.05) is 6.07 Å². The van der Waals surface area contributed by atoms with Crippen LogP contribution >= 0.6 is 0 Å². The average Bonchev–Trinajstić information content (AvgIpc) is 2.34. The van der Waals surface area contributed by atoms with Crippen molar-refractivity contribution in [3.05, 3.63) is 29.1 Å². The summed E-state index contributed by atoms with van der Waals surface area (Å²) in [5.74, 6) is 0.440. The number of nitriles is 1. The van der Waals surface area contributed by atoms with Gasteiger partial charge < -0.3 is 11.1 Å². The topological polar surface area (TPSA) is 61.8 Å². The second kappa shape index (κ2) is 6.36. The first kappa shape index (κ1) is 14.5. The molecule has 0 fully saturated rings. The lowest BCUT2D eigenvalue weighted by Gasteiger charge is -2.21. The Morgan fingerprint density at radius 1 is 1.44 bits per heavy atom. The normalized spacial score (nSPS) is 12.3. The standard InChI is InChI=1S/C14H20FN3/c1-9(2)12(7-17)8-18-14-5-11(6-16)4-13(15)10(14)3/h4-5,9,12,18H,7-8,17H2,1-3H3. The molecule has 0 saturated heterocycles. The molecule has 1 aromatic rings. The van der Waals surface area contributed by atoms with Crippen LogP contribution in [0.2, 0.25) is 0 Å². The van der Waals surface area contributed by atoms with E-state index in [-0.39, 0.29) is 5.82 Å². The van der Waals surface area contributed by atoms with Crippen molar-refractivity contribution in [2.75, 3.05) is 18.4 Å². The third-order valence-corrected chi connectivity index (χ3v) is 3.27. The summed E-state index contributed by atoms with van der Waals surface area (Å²) in [6, 6.07) is 4.88. The summed E-state index contributed by atoms with van der Waals surface area (Å²) in [6.45, 7) is 7.19. The number of rotatable bonds is 5. The van der Waals surface area contributed by atoms with Gasteiger partial charge in [-0.3, -0.25) is 0 Å². The van der Waals surface area contributed by atoms with Crippen LogP contribution in [0.25, 0.3) is 0 Å². The molecule has 0 radical (unpaired) electrons. The first-order valence-electron chi connectivity index (χ1n) is 6.13. The summed E-state index contributed by atoms with van der Waals surface area (Å²) < 4.78 is 13.6. The van der Waals surface area contributed by atoms with E-state index in [9.17, 15) is 4.39 Å². The molecule has 0 spiro atoms. The maximum absolute atomic E-state index is 13.6. The zero-order valence-corrected chi connectivity index (χ0v) is 11.1. The van der Waals surface area contributed by atoms with Crippen LogP contribution in [0.4, 0.5) is 10.1 Å². The van der Waals surface area contributed by atoms with Gasteiger partial charge in [-0.05, 0) is 37.4 Å². The van der Waals surface area contributed by atoms with E-state index in [1.54, 1.807) is 13.0 Å². The van der Waals surface area contributed by atoms with Crippen LogP contribution in [0.1, 0.15) is 25.0 Å². The molecule has 1 aromatic carbocycles. The predicted octanol–water partition coefficient (Wildman–Crippen LogP) is 2.65. The number of nitrogens with zero attached hydrogens (tertiary/aromatic N) is 1. The largest absolute Gasteiger partial charge is 0.384 e. The fourth-order valence-electron chi connectivity index (χ4n) is 1.76. The minimum atomic E-state index is -0.356. The molecule has 4 heteroatoms. The summed E-state index contributed by atoms with van der Waals surface area (Å²) in [5.41, 5.74) is 7.23. The lowest BCUT2D eigenvalue weighted by atomic mass is 9.96. The maximum Gasteiger partial charge on any atom is 0.129 e. The molecular formula is C14H20FN3. The van der Waals surface area contributed by atoms with Gasteiger partial charge in [0.05, 0.1) is 11.6 Å². The van der Waals surface area contributed by atoms with Crippen LogP contribution in [0.3, 0.4) is 0 Å². The molecule has 3 nitrogen and oxygen atoms in total. The maximum atomic E-state index is 13.6. The molecule has 0 bridgehead atoms. The molecule has 0 aliphatic rings. The van der Waals surface area contributed by atoms with Crippen molar-refractivity contribution < 1.29 is 4.39 Å². The van der Waals surface area contributed by atoms with Gasteiger partial charge in [0.15, 0.2) is 0 Å². The van der Waals surface area contributed by atoms with Crippen LogP contribution in [-0.2, 0) is 0 Å². The van der Waals surface area contributed by atoms with Crippen molar-refractivity contribution in [1.82, 2.24) is 0 Å². The molecule has 0 amide bonds. The molecular weight excluding hydrogens is 229 g/mol. The Hall–Kier alpha value is -1.60. The van der Waals surface area contributed by atoms with Crippen LogP contribution in [0, 0.1) is 35.9 Å². The Bertz CT molecular complexity index is 449. The SMILES string of the molecule is Cc1c(F)cc(C#N)cc1NCC(CN)C(C)C. The highest BCUT2D eigenvalue weighted by atomic mass is 19.1. The van der Waals surface area contributed by atoms with Gasteiger partial charge >= 0.3 is 0 Å². The van der Waals surface area contributed by atoms with Gasteiger partial charge in [0.25, 0.3) is 0 Å². The van der Waals surface area contributed by atoms with Gasteiger partial charge in [-0.1, -0.05) is 13.8 Å². The first-order valence-corrected chi connectivity index (χ1v) is 6.13. The van der Waals surface area contributed by atoms with Gasteiger partial charge in [0, 0.05) is 17.8 Å². The second-order valence-electron chi connectivity index (χ2n) is 4.86. The van der Waals surface area contributed by atoms with Crippen molar-refractivity contribution >= 4 is 5.69 Å². The average molecular weight is 249 g/mol. The van der Waals surface area contributed by atoms with Gasteiger partial charge in [0.1, 0.15) is 5.82 Å². The summed E-state index contributed by atoms with van der Waals surface area (Å²) in [6.07, 6.45) is 0. The number of hydrogen-bond acceptors (Lipinski definition) is 3. The number of halogens is 1. The molecule has 3 N–H and O–H groups in total. The lowest BCUT2D eigenvalue weighted by molar-refractivity contribution is 0.413. The Labute approximate surface area is 108 Å². The summed E-state index contributed by atoms with van der Waals surface area (Å²) in [4.78, 5) is 0. The smallest absolute Gasteiger partial charge is 0.129 e. The Morgan fingerprint density at radius 2 is 2.11 bits per heavy atom. The van der Waals surface area contributed by atoms with Crippen molar-refractivity contribution in [1.29, 1.82) is 5.26 Å². The molecule has 0 aromatic heterocycles. The van der Waals surface area contributed by atoms with Gasteiger partial charge in [0.2, 0.25) is 0 Å². The molecule has 1 unspecified atom stereocenters. The van der Waals surface area contributed by atoms with Gasteiger partial charge in [-0.2, -0.15) is 5.26 Å². The number of anilines is 1. The van der Waals surface area contributed by atoms with Crippen LogP contribution < -0.4 is 11.1 Å². The third kappa shape index (κ3) is 3.44. The molecule has 0 aliphatic carbocycles. The summed E-state index contributed by atoms with van der Waals surface area (Å²) in [5, 5.41) is 12.0. The first-order chi connectivity index (χ1) is 8.49. The molecule has 98 valence electrons. The zero-order valence-electron chi connectivity index (χ0n) is 11.1.